The van der Waals surface area contributed by atoms with Crippen molar-refractivity contribution in [2.24, 2.45) is 0 Å². The van der Waals surface area contributed by atoms with E-state index in [2.05, 4.69) is 31.2 Å². The van der Waals surface area contributed by atoms with Gasteiger partial charge in [0.05, 0.1) is 5.69 Å². The highest BCUT2D eigenvalue weighted by atomic mass is 16.5. The van der Waals surface area contributed by atoms with Crippen LogP contribution >= 0.6 is 0 Å². The van der Waals surface area contributed by atoms with E-state index in [4.69, 9.17) is 4.74 Å². The van der Waals surface area contributed by atoms with Crippen molar-refractivity contribution in [1.29, 1.82) is 0 Å². The Balaban J connectivity index is 1.97. The minimum absolute atomic E-state index is 0.0162. The molecule has 0 bridgehead atoms. The van der Waals surface area contributed by atoms with Gasteiger partial charge in [-0.15, -0.1) is 0 Å². The molecule has 0 radical (unpaired) electrons. The first-order chi connectivity index (χ1) is 9.69. The molecule has 1 amide bonds. The van der Waals surface area contributed by atoms with Gasteiger partial charge < -0.3 is 9.64 Å². The number of hydrogen-bond acceptors (Lipinski definition) is 2. The van der Waals surface area contributed by atoms with Crippen molar-refractivity contribution in [3.63, 3.8) is 0 Å². The Morgan fingerprint density at radius 2 is 1.80 bits per heavy atom. The van der Waals surface area contributed by atoms with E-state index in [1.807, 2.05) is 18.2 Å². The number of benzene rings is 2. The highest BCUT2D eigenvalue weighted by molar-refractivity contribution is 5.97. The molecule has 0 N–H and O–H groups in total. The van der Waals surface area contributed by atoms with Crippen LogP contribution in [0.15, 0.2) is 42.5 Å². The predicted molar refractivity (Wildman–Crippen MR) is 80.2 cm³/mol. The zero-order chi connectivity index (χ0) is 14.1. The van der Waals surface area contributed by atoms with Crippen LogP contribution in [0, 0.1) is 0 Å². The van der Waals surface area contributed by atoms with Crippen molar-refractivity contribution < 1.29 is 9.53 Å². The van der Waals surface area contributed by atoms with Crippen molar-refractivity contribution in [3.8, 4) is 16.9 Å². The van der Waals surface area contributed by atoms with Gasteiger partial charge in [0.25, 0.3) is 5.91 Å². The van der Waals surface area contributed by atoms with Gasteiger partial charge in [0.1, 0.15) is 5.75 Å². The SMILES string of the molecule is CCc1ccc(-c2ccc3c(c2)OCC(=O)N3C)cc1. The number of likely N-dealkylation sites (N-methyl/N-ethyl adjacent to an activating group) is 1. The summed E-state index contributed by atoms with van der Waals surface area (Å²) in [7, 11) is 1.78. The first-order valence-corrected chi connectivity index (χ1v) is 6.81. The van der Waals surface area contributed by atoms with E-state index in [1.54, 1.807) is 11.9 Å². The predicted octanol–water partition coefficient (Wildman–Crippen LogP) is 3.27. The normalized spacial score (nSPS) is 13.9. The highest BCUT2D eigenvalue weighted by Crippen LogP contribution is 2.35. The summed E-state index contributed by atoms with van der Waals surface area (Å²) in [6, 6.07) is 14.5. The van der Waals surface area contributed by atoms with E-state index < -0.39 is 0 Å². The number of carbonyl (C=O) groups excluding carboxylic acids is 1. The number of ether oxygens (including phenoxy) is 1. The average Bonchev–Trinajstić information content (AvgIpc) is 2.51. The monoisotopic (exact) mass is 267 g/mol. The Bertz CT molecular complexity index is 647. The zero-order valence-corrected chi connectivity index (χ0v) is 11.7. The van der Waals surface area contributed by atoms with Crippen LogP contribution < -0.4 is 9.64 Å². The number of fused-ring (bicyclic) bond motifs is 1. The van der Waals surface area contributed by atoms with Gasteiger partial charge in [-0.05, 0) is 35.2 Å². The lowest BCUT2D eigenvalue weighted by Crippen LogP contribution is -2.35. The number of anilines is 1. The van der Waals surface area contributed by atoms with Gasteiger partial charge in [-0.3, -0.25) is 4.79 Å². The van der Waals surface area contributed by atoms with Gasteiger partial charge >= 0.3 is 0 Å². The molecule has 0 saturated heterocycles. The maximum Gasteiger partial charge on any atom is 0.264 e. The largest absolute Gasteiger partial charge is 0.482 e. The first kappa shape index (κ1) is 12.7. The van der Waals surface area contributed by atoms with Crippen LogP contribution in [0.4, 0.5) is 5.69 Å². The molecule has 3 rings (SSSR count). The van der Waals surface area contributed by atoms with E-state index in [0.29, 0.717) is 0 Å². The zero-order valence-electron chi connectivity index (χ0n) is 11.7. The number of aryl methyl sites for hydroxylation is 1. The van der Waals surface area contributed by atoms with Crippen molar-refractivity contribution in [3.05, 3.63) is 48.0 Å². The molecule has 0 atom stereocenters. The number of nitrogens with zero attached hydrogens (tertiary/aromatic N) is 1. The van der Waals surface area contributed by atoms with Crippen LogP contribution in [0.2, 0.25) is 0 Å². The smallest absolute Gasteiger partial charge is 0.264 e. The fourth-order valence-electron chi connectivity index (χ4n) is 2.39. The van der Waals surface area contributed by atoms with E-state index in [9.17, 15) is 4.79 Å². The molecule has 0 fully saturated rings. The molecule has 1 heterocycles. The lowest BCUT2D eigenvalue weighted by Gasteiger charge is -2.26. The Morgan fingerprint density at radius 3 is 2.50 bits per heavy atom. The Hall–Kier alpha value is -2.29. The third kappa shape index (κ3) is 2.16. The van der Waals surface area contributed by atoms with E-state index in [1.165, 1.54) is 5.56 Å². The molecule has 2 aromatic rings. The molecular weight excluding hydrogens is 250 g/mol. The molecule has 3 nitrogen and oxygen atoms in total. The van der Waals surface area contributed by atoms with Crippen LogP contribution in [-0.2, 0) is 11.2 Å². The minimum atomic E-state index is -0.0162. The second-order valence-corrected chi connectivity index (χ2v) is 4.97. The molecule has 20 heavy (non-hydrogen) atoms. The molecule has 0 aliphatic carbocycles. The molecule has 2 aromatic carbocycles. The Labute approximate surface area is 118 Å². The maximum absolute atomic E-state index is 11.6. The van der Waals surface area contributed by atoms with Crippen LogP contribution in [0.25, 0.3) is 11.1 Å². The number of rotatable bonds is 2. The maximum atomic E-state index is 11.6. The number of amides is 1. The van der Waals surface area contributed by atoms with Crippen LogP contribution in [0.1, 0.15) is 12.5 Å². The fraction of sp³-hybridized carbons (Fsp3) is 0.235. The summed E-state index contributed by atoms with van der Waals surface area (Å²) in [5, 5.41) is 0. The van der Waals surface area contributed by atoms with E-state index >= 15 is 0 Å². The van der Waals surface area contributed by atoms with Crippen molar-refractivity contribution in [2.45, 2.75) is 13.3 Å². The Kier molecular flexibility index (Phi) is 3.18. The highest BCUT2D eigenvalue weighted by Gasteiger charge is 2.22. The number of hydrogen-bond donors (Lipinski definition) is 0. The Morgan fingerprint density at radius 1 is 1.10 bits per heavy atom. The van der Waals surface area contributed by atoms with E-state index in [0.717, 1.165) is 29.0 Å². The van der Waals surface area contributed by atoms with E-state index in [-0.39, 0.29) is 12.5 Å². The topological polar surface area (TPSA) is 29.5 Å². The minimum Gasteiger partial charge on any atom is -0.482 e. The summed E-state index contributed by atoms with van der Waals surface area (Å²) in [5.41, 5.74) is 4.42. The van der Waals surface area contributed by atoms with Crippen LogP contribution in [0.5, 0.6) is 5.75 Å². The quantitative estimate of drug-likeness (QED) is 0.835. The average molecular weight is 267 g/mol. The fourth-order valence-corrected chi connectivity index (χ4v) is 2.39. The van der Waals surface area contributed by atoms with Gasteiger partial charge in [-0.25, -0.2) is 0 Å². The molecule has 0 unspecified atom stereocenters. The lowest BCUT2D eigenvalue weighted by atomic mass is 10.0. The third-order valence-electron chi connectivity index (χ3n) is 3.74. The van der Waals surface area contributed by atoms with Crippen LogP contribution in [0.3, 0.4) is 0 Å². The molecule has 1 aliphatic heterocycles. The second kappa shape index (κ2) is 5.00. The molecule has 0 aromatic heterocycles. The summed E-state index contributed by atoms with van der Waals surface area (Å²) in [6.07, 6.45) is 1.04. The molecule has 0 spiro atoms. The molecule has 3 heteroatoms. The molecule has 102 valence electrons. The summed E-state index contributed by atoms with van der Waals surface area (Å²) < 4.78 is 5.52. The van der Waals surface area contributed by atoms with Crippen molar-refractivity contribution >= 4 is 11.6 Å². The molecular formula is C17H17NO2. The van der Waals surface area contributed by atoms with Gasteiger partial charge in [0.15, 0.2) is 6.61 Å². The third-order valence-corrected chi connectivity index (χ3v) is 3.74. The summed E-state index contributed by atoms with van der Waals surface area (Å²) >= 11 is 0. The van der Waals surface area contributed by atoms with Crippen molar-refractivity contribution in [1.82, 2.24) is 0 Å². The standard InChI is InChI=1S/C17H17NO2/c1-3-12-4-6-13(7-5-12)14-8-9-15-16(10-14)20-11-17(19)18(15)2/h4-10H,3,11H2,1-2H3. The van der Waals surface area contributed by atoms with Crippen molar-refractivity contribution in [2.75, 3.05) is 18.6 Å². The molecule has 0 saturated carbocycles. The van der Waals surface area contributed by atoms with Gasteiger partial charge in [0, 0.05) is 7.05 Å². The summed E-state index contributed by atoms with van der Waals surface area (Å²) in [5.74, 6) is 0.752. The first-order valence-electron chi connectivity index (χ1n) is 6.81. The molecule has 1 aliphatic rings. The summed E-state index contributed by atoms with van der Waals surface area (Å²) in [4.78, 5) is 13.2. The van der Waals surface area contributed by atoms with Crippen LogP contribution in [-0.4, -0.2) is 19.6 Å². The summed E-state index contributed by atoms with van der Waals surface area (Å²) in [6.45, 7) is 2.26. The second-order valence-electron chi connectivity index (χ2n) is 4.97. The van der Waals surface area contributed by atoms with Gasteiger partial charge in [-0.2, -0.15) is 0 Å². The lowest BCUT2D eigenvalue weighted by molar-refractivity contribution is -0.120. The van der Waals surface area contributed by atoms with Gasteiger partial charge in [-0.1, -0.05) is 37.3 Å². The van der Waals surface area contributed by atoms with Gasteiger partial charge in [0.2, 0.25) is 0 Å². The number of carbonyl (C=O) groups is 1.